The highest BCUT2D eigenvalue weighted by atomic mass is 32.1. The Morgan fingerprint density at radius 2 is 1.92 bits per heavy atom. The minimum atomic E-state index is -0.771. The summed E-state index contributed by atoms with van der Waals surface area (Å²) in [6.45, 7) is 5.70. The maximum Gasteiger partial charge on any atom is 0.250 e. The van der Waals surface area contributed by atoms with Gasteiger partial charge in [0.15, 0.2) is 0 Å². The third kappa shape index (κ3) is 4.92. The van der Waals surface area contributed by atoms with Crippen molar-refractivity contribution in [1.29, 1.82) is 0 Å². The third-order valence-corrected chi connectivity index (χ3v) is 4.43. The van der Waals surface area contributed by atoms with E-state index in [0.717, 1.165) is 11.8 Å². The van der Waals surface area contributed by atoms with Crippen molar-refractivity contribution in [2.24, 2.45) is 17.4 Å². The lowest BCUT2D eigenvalue weighted by molar-refractivity contribution is -0.119. The zero-order valence-electron chi connectivity index (χ0n) is 14.8. The number of anilines is 3. The lowest BCUT2D eigenvalue weighted by Gasteiger charge is -2.20. The van der Waals surface area contributed by atoms with Crippen LogP contribution in [0.5, 0.6) is 0 Å². The molecule has 1 aromatic heterocycles. The van der Waals surface area contributed by atoms with E-state index >= 15 is 0 Å². The van der Waals surface area contributed by atoms with Gasteiger partial charge in [-0.3, -0.25) is 9.59 Å². The highest BCUT2D eigenvalue weighted by Crippen LogP contribution is 2.30. The molecule has 0 radical (unpaired) electrons. The fraction of sp³-hybridized carbons (Fsp3) is 0.353. The molecule has 0 saturated carbocycles. The highest BCUT2D eigenvalue weighted by molar-refractivity contribution is 7.10. The quantitative estimate of drug-likeness (QED) is 0.561. The van der Waals surface area contributed by atoms with Crippen molar-refractivity contribution in [2.75, 3.05) is 10.6 Å². The Morgan fingerprint density at radius 1 is 1.23 bits per heavy atom. The molecule has 2 aromatic rings. The SMILES string of the molecule is Cc1cc(Nc2cc(NC(CC(C)C)C(N)=O)c(F)cc2C(N)=O)sn1. The molecule has 0 fully saturated rings. The van der Waals surface area contributed by atoms with Gasteiger partial charge in [0.1, 0.15) is 16.9 Å². The summed E-state index contributed by atoms with van der Waals surface area (Å²) in [4.78, 5) is 23.3. The van der Waals surface area contributed by atoms with Gasteiger partial charge in [-0.25, -0.2) is 4.39 Å². The number of aromatic nitrogens is 1. The molecule has 26 heavy (non-hydrogen) atoms. The molecule has 2 rings (SSSR count). The van der Waals surface area contributed by atoms with Crippen LogP contribution in [0.15, 0.2) is 18.2 Å². The Balaban J connectivity index is 2.38. The molecule has 7 nitrogen and oxygen atoms in total. The lowest BCUT2D eigenvalue weighted by Crippen LogP contribution is -2.36. The summed E-state index contributed by atoms with van der Waals surface area (Å²) in [6.07, 6.45) is 0.448. The number of hydrogen-bond acceptors (Lipinski definition) is 6. The van der Waals surface area contributed by atoms with Gasteiger partial charge in [-0.1, -0.05) is 13.8 Å². The minimum absolute atomic E-state index is 0.00131. The maximum atomic E-state index is 14.4. The second-order valence-electron chi connectivity index (χ2n) is 6.43. The monoisotopic (exact) mass is 379 g/mol. The first kappa shape index (κ1) is 19.6. The van der Waals surface area contributed by atoms with E-state index in [4.69, 9.17) is 11.5 Å². The molecule has 140 valence electrons. The molecule has 2 amide bonds. The van der Waals surface area contributed by atoms with Crippen LogP contribution < -0.4 is 22.1 Å². The van der Waals surface area contributed by atoms with Crippen molar-refractivity contribution in [3.8, 4) is 0 Å². The van der Waals surface area contributed by atoms with E-state index in [0.29, 0.717) is 17.1 Å². The third-order valence-electron chi connectivity index (χ3n) is 3.64. The maximum absolute atomic E-state index is 14.4. The standard InChI is InChI=1S/C17H22FN5O2S/c1-8(2)4-14(17(20)25)21-13-7-12(10(16(19)24)6-11(13)18)22-15-5-9(3)23-26-15/h5-8,14,21-22H,4H2,1-3H3,(H2,19,24)(H2,20,25). The van der Waals surface area contributed by atoms with E-state index in [9.17, 15) is 14.0 Å². The van der Waals surface area contributed by atoms with Crippen molar-refractivity contribution in [2.45, 2.75) is 33.2 Å². The number of aryl methyl sites for hydroxylation is 1. The molecule has 1 unspecified atom stereocenters. The van der Waals surface area contributed by atoms with E-state index in [1.54, 1.807) is 6.07 Å². The Labute approximate surface area is 155 Å². The molecule has 1 heterocycles. The molecule has 9 heteroatoms. The van der Waals surface area contributed by atoms with Crippen LogP contribution in [-0.2, 0) is 4.79 Å². The molecule has 0 spiro atoms. The van der Waals surface area contributed by atoms with Gasteiger partial charge in [0.05, 0.1) is 22.6 Å². The van der Waals surface area contributed by atoms with Gasteiger partial charge in [0.2, 0.25) is 5.91 Å². The average Bonchev–Trinajstić information content (AvgIpc) is 2.93. The first-order chi connectivity index (χ1) is 12.2. The van der Waals surface area contributed by atoms with Crippen molar-refractivity contribution in [3.05, 3.63) is 35.3 Å². The summed E-state index contributed by atoms with van der Waals surface area (Å²) in [5, 5.41) is 6.52. The summed E-state index contributed by atoms with van der Waals surface area (Å²) in [6, 6.07) is 3.49. The van der Waals surface area contributed by atoms with E-state index in [1.807, 2.05) is 20.8 Å². The van der Waals surface area contributed by atoms with Gasteiger partial charge >= 0.3 is 0 Å². The van der Waals surface area contributed by atoms with E-state index in [-0.39, 0.29) is 17.2 Å². The number of nitrogens with zero attached hydrogens (tertiary/aromatic N) is 1. The fourth-order valence-corrected chi connectivity index (χ4v) is 3.13. The Kier molecular flexibility index (Phi) is 6.14. The molecule has 0 aliphatic heterocycles. The predicted molar refractivity (Wildman–Crippen MR) is 101 cm³/mol. The van der Waals surface area contributed by atoms with E-state index < -0.39 is 23.7 Å². The van der Waals surface area contributed by atoms with Gasteiger partial charge in [0, 0.05) is 0 Å². The number of hydrogen-bond donors (Lipinski definition) is 4. The van der Waals surface area contributed by atoms with Gasteiger partial charge in [-0.2, -0.15) is 4.37 Å². The lowest BCUT2D eigenvalue weighted by atomic mass is 10.0. The molecule has 1 atom stereocenters. The van der Waals surface area contributed by atoms with Crippen LogP contribution in [0.2, 0.25) is 0 Å². The number of carbonyl (C=O) groups is 2. The number of primary amides is 2. The van der Waals surface area contributed by atoms with Crippen LogP contribution in [0.3, 0.4) is 0 Å². The van der Waals surface area contributed by atoms with Crippen molar-refractivity contribution in [1.82, 2.24) is 4.37 Å². The molecular weight excluding hydrogens is 357 g/mol. The Morgan fingerprint density at radius 3 is 2.42 bits per heavy atom. The molecule has 0 aliphatic carbocycles. The number of carbonyl (C=O) groups excluding carboxylic acids is 2. The first-order valence-corrected chi connectivity index (χ1v) is 8.84. The van der Waals surface area contributed by atoms with Gasteiger partial charge in [0.25, 0.3) is 5.91 Å². The predicted octanol–water partition coefficient (Wildman–Crippen LogP) is 2.75. The first-order valence-electron chi connectivity index (χ1n) is 8.07. The summed E-state index contributed by atoms with van der Waals surface area (Å²) in [7, 11) is 0. The van der Waals surface area contributed by atoms with E-state index in [2.05, 4.69) is 15.0 Å². The second kappa shape index (κ2) is 8.13. The van der Waals surface area contributed by atoms with Crippen molar-refractivity contribution < 1.29 is 14.0 Å². The van der Waals surface area contributed by atoms with Crippen LogP contribution in [0, 0.1) is 18.7 Å². The average molecular weight is 379 g/mol. The topological polar surface area (TPSA) is 123 Å². The Hall–Kier alpha value is -2.68. The van der Waals surface area contributed by atoms with Crippen molar-refractivity contribution in [3.63, 3.8) is 0 Å². The van der Waals surface area contributed by atoms with Crippen LogP contribution in [0.1, 0.15) is 36.3 Å². The number of halogens is 1. The normalized spacial score (nSPS) is 12.0. The Bertz CT molecular complexity index is 821. The number of nitrogens with two attached hydrogens (primary N) is 2. The number of rotatable bonds is 8. The van der Waals surface area contributed by atoms with Crippen LogP contribution in [-0.4, -0.2) is 22.2 Å². The van der Waals surface area contributed by atoms with Gasteiger partial charge < -0.3 is 22.1 Å². The largest absolute Gasteiger partial charge is 0.371 e. The van der Waals surface area contributed by atoms with Crippen LogP contribution in [0.4, 0.5) is 20.8 Å². The van der Waals surface area contributed by atoms with Crippen LogP contribution in [0.25, 0.3) is 0 Å². The van der Waals surface area contributed by atoms with Crippen LogP contribution >= 0.6 is 11.5 Å². The number of amides is 2. The smallest absolute Gasteiger partial charge is 0.250 e. The molecule has 0 saturated heterocycles. The molecule has 0 aliphatic rings. The van der Waals surface area contributed by atoms with E-state index in [1.165, 1.54) is 17.6 Å². The summed E-state index contributed by atoms with van der Waals surface area (Å²) in [5.41, 5.74) is 11.9. The zero-order chi connectivity index (χ0) is 19.4. The van der Waals surface area contributed by atoms with Crippen molar-refractivity contribution >= 4 is 39.7 Å². The summed E-state index contributed by atoms with van der Waals surface area (Å²) >= 11 is 1.20. The fourth-order valence-electron chi connectivity index (χ4n) is 2.45. The second-order valence-corrected chi connectivity index (χ2v) is 7.23. The summed E-state index contributed by atoms with van der Waals surface area (Å²) in [5.74, 6) is -1.86. The molecule has 1 aromatic carbocycles. The molecule has 0 bridgehead atoms. The van der Waals surface area contributed by atoms with Gasteiger partial charge in [-0.05, 0) is 49.0 Å². The summed E-state index contributed by atoms with van der Waals surface area (Å²) < 4.78 is 18.6. The van der Waals surface area contributed by atoms with Gasteiger partial charge in [-0.15, -0.1) is 0 Å². The minimum Gasteiger partial charge on any atom is -0.371 e. The molecule has 6 N–H and O–H groups in total. The molecular formula is C17H22FN5O2S. The zero-order valence-corrected chi connectivity index (χ0v) is 15.6. The highest BCUT2D eigenvalue weighted by Gasteiger charge is 2.21. The number of benzene rings is 1. The number of nitrogens with one attached hydrogen (secondary N) is 2.